The highest BCUT2D eigenvalue weighted by Gasteiger charge is 2.30. The van der Waals surface area contributed by atoms with Crippen molar-refractivity contribution in [3.63, 3.8) is 0 Å². The van der Waals surface area contributed by atoms with Crippen molar-refractivity contribution in [2.24, 2.45) is 22.2 Å². The van der Waals surface area contributed by atoms with Crippen LogP contribution in [0.2, 0.25) is 0 Å². The van der Waals surface area contributed by atoms with Gasteiger partial charge in [0.15, 0.2) is 5.96 Å². The molecule has 0 saturated carbocycles. The van der Waals surface area contributed by atoms with Crippen LogP contribution >= 0.6 is 0 Å². The van der Waals surface area contributed by atoms with E-state index in [4.69, 9.17) is 27.4 Å². The second-order valence-electron chi connectivity index (χ2n) is 7.97. The number of imidazole rings is 1. The number of hydrogen-bond acceptors (Lipinski definition) is 9. The van der Waals surface area contributed by atoms with Gasteiger partial charge in [-0.25, -0.2) is 9.78 Å². The zero-order valence-corrected chi connectivity index (χ0v) is 19.9. The molecule has 1 aromatic rings. The maximum atomic E-state index is 13.1. The number of carbonyl (C=O) groups excluding carboxylic acids is 3. The number of aliphatic hydroxyl groups is 1. The van der Waals surface area contributed by atoms with Gasteiger partial charge in [-0.3, -0.25) is 24.2 Å². The first-order valence-electron chi connectivity index (χ1n) is 11.2. The highest BCUT2D eigenvalue weighted by Crippen LogP contribution is 2.05. The fourth-order valence-corrected chi connectivity index (χ4v) is 3.02. The molecule has 3 amide bonds. The lowest BCUT2D eigenvalue weighted by Crippen LogP contribution is -2.58. The summed E-state index contributed by atoms with van der Waals surface area (Å²) in [6.07, 6.45) is 2.33. The van der Waals surface area contributed by atoms with E-state index in [1.54, 1.807) is 0 Å². The summed E-state index contributed by atoms with van der Waals surface area (Å²) < 4.78 is 0. The number of rotatable bonds is 17. The Morgan fingerprint density at radius 3 is 2.14 bits per heavy atom. The lowest BCUT2D eigenvalue weighted by molar-refractivity contribution is -0.143. The molecule has 0 fully saturated rings. The Morgan fingerprint density at radius 2 is 1.59 bits per heavy atom. The van der Waals surface area contributed by atoms with Crippen LogP contribution in [0.15, 0.2) is 17.5 Å². The lowest BCUT2D eigenvalue weighted by atomic mass is 10.1. The minimum Gasteiger partial charge on any atom is -0.481 e. The molecule has 0 aromatic carbocycles. The van der Waals surface area contributed by atoms with Gasteiger partial charge in [-0.05, 0) is 19.3 Å². The predicted molar refractivity (Wildman–Crippen MR) is 128 cm³/mol. The topological polar surface area (TPSA) is 301 Å². The van der Waals surface area contributed by atoms with Crippen molar-refractivity contribution in [3.8, 4) is 0 Å². The standard InChI is InChI=1S/C20H33N9O8/c21-11(3-4-15(31)32)16(33)27-12(2-1-5-25-20(22)23)17(34)28-13(6-10-7-24-9-26-10)18(35)29-14(8-30)19(36)37/h7,9,11-14,30H,1-6,8,21H2,(H,24,26)(H,27,33)(H,28,34)(H,29,35)(H,31,32)(H,36,37)(H4,22,23,25). The highest BCUT2D eigenvalue weighted by atomic mass is 16.4. The fourth-order valence-electron chi connectivity index (χ4n) is 3.02. The summed E-state index contributed by atoms with van der Waals surface area (Å²) >= 11 is 0. The number of aromatic nitrogens is 2. The Hall–Kier alpha value is -4.25. The summed E-state index contributed by atoms with van der Waals surface area (Å²) in [5.74, 6) is -5.31. The third kappa shape index (κ3) is 11.8. The van der Waals surface area contributed by atoms with Crippen molar-refractivity contribution in [1.29, 1.82) is 0 Å². The minimum atomic E-state index is -1.61. The molecule has 0 aliphatic rings. The van der Waals surface area contributed by atoms with Gasteiger partial charge in [0, 0.05) is 31.3 Å². The molecule has 0 bridgehead atoms. The molecule has 4 atom stereocenters. The molecular weight excluding hydrogens is 494 g/mol. The number of nitrogens with zero attached hydrogens (tertiary/aromatic N) is 2. The number of hydrogen-bond donors (Lipinski definition) is 10. The summed E-state index contributed by atoms with van der Waals surface area (Å²) in [6, 6.07) is -5.37. The molecule has 0 saturated heterocycles. The summed E-state index contributed by atoms with van der Waals surface area (Å²) in [5.41, 5.74) is 16.7. The number of H-pyrrole nitrogens is 1. The SMILES string of the molecule is NC(N)=NCCCC(NC(=O)C(N)CCC(=O)O)C(=O)NC(Cc1cnc[nH]1)C(=O)NC(CO)C(=O)O. The van der Waals surface area contributed by atoms with E-state index in [-0.39, 0.29) is 44.6 Å². The van der Waals surface area contributed by atoms with Gasteiger partial charge >= 0.3 is 11.9 Å². The highest BCUT2D eigenvalue weighted by molar-refractivity contribution is 5.94. The first-order valence-corrected chi connectivity index (χ1v) is 11.2. The molecule has 17 nitrogen and oxygen atoms in total. The van der Waals surface area contributed by atoms with Gasteiger partial charge in [0.1, 0.15) is 18.1 Å². The van der Waals surface area contributed by atoms with Crippen LogP contribution in [0.5, 0.6) is 0 Å². The van der Waals surface area contributed by atoms with E-state index >= 15 is 0 Å². The van der Waals surface area contributed by atoms with Gasteiger partial charge in [0.2, 0.25) is 17.7 Å². The number of guanidine groups is 1. The van der Waals surface area contributed by atoms with Crippen LogP contribution in [-0.4, -0.2) is 98.2 Å². The summed E-state index contributed by atoms with van der Waals surface area (Å²) in [6.45, 7) is -0.759. The van der Waals surface area contributed by atoms with Crippen molar-refractivity contribution in [2.75, 3.05) is 13.2 Å². The van der Waals surface area contributed by atoms with Gasteiger partial charge in [0.25, 0.3) is 0 Å². The number of aliphatic hydroxyl groups excluding tert-OH is 1. The van der Waals surface area contributed by atoms with E-state index < -0.39 is 60.4 Å². The van der Waals surface area contributed by atoms with Gasteiger partial charge < -0.3 is 53.5 Å². The van der Waals surface area contributed by atoms with Crippen molar-refractivity contribution >= 4 is 35.6 Å². The smallest absolute Gasteiger partial charge is 0.328 e. The molecule has 4 unspecified atom stereocenters. The average molecular weight is 528 g/mol. The molecule has 0 aliphatic heterocycles. The van der Waals surface area contributed by atoms with E-state index in [1.165, 1.54) is 12.5 Å². The molecule has 0 spiro atoms. The Morgan fingerprint density at radius 1 is 0.973 bits per heavy atom. The third-order valence-corrected chi connectivity index (χ3v) is 4.99. The quantitative estimate of drug-likeness (QED) is 0.0523. The molecule has 13 N–H and O–H groups in total. The number of carbonyl (C=O) groups is 5. The maximum Gasteiger partial charge on any atom is 0.328 e. The first-order chi connectivity index (χ1) is 17.4. The number of aliphatic carboxylic acids is 2. The van der Waals surface area contributed by atoms with Crippen molar-refractivity contribution < 1.29 is 39.3 Å². The number of amides is 3. The van der Waals surface area contributed by atoms with E-state index in [9.17, 15) is 29.1 Å². The number of aromatic amines is 1. The minimum absolute atomic E-state index is 0.0206. The zero-order valence-electron chi connectivity index (χ0n) is 19.9. The van der Waals surface area contributed by atoms with Crippen LogP contribution < -0.4 is 33.2 Å². The molecular formula is C20H33N9O8. The van der Waals surface area contributed by atoms with Gasteiger partial charge in [0.05, 0.1) is 19.0 Å². The summed E-state index contributed by atoms with van der Waals surface area (Å²) in [4.78, 5) is 70.7. The van der Waals surface area contributed by atoms with Crippen molar-refractivity contribution in [2.45, 2.75) is 56.3 Å². The van der Waals surface area contributed by atoms with E-state index in [0.717, 1.165) is 0 Å². The predicted octanol–water partition coefficient (Wildman–Crippen LogP) is -4.27. The Bertz CT molecular complexity index is 950. The van der Waals surface area contributed by atoms with E-state index in [2.05, 4.69) is 30.9 Å². The van der Waals surface area contributed by atoms with Crippen LogP contribution in [-0.2, 0) is 30.4 Å². The number of aliphatic imine (C=N–C) groups is 1. The molecule has 1 heterocycles. The van der Waals surface area contributed by atoms with E-state index in [0.29, 0.717) is 5.69 Å². The average Bonchev–Trinajstić information content (AvgIpc) is 3.34. The second-order valence-corrected chi connectivity index (χ2v) is 7.97. The number of carboxylic acids is 2. The van der Waals surface area contributed by atoms with Gasteiger partial charge in [-0.2, -0.15) is 0 Å². The summed E-state index contributed by atoms with van der Waals surface area (Å²) in [5, 5.41) is 34.2. The van der Waals surface area contributed by atoms with E-state index in [1.807, 2.05) is 0 Å². The Labute approximate surface area is 211 Å². The first kappa shape index (κ1) is 30.8. The number of nitrogens with one attached hydrogen (secondary N) is 4. The van der Waals surface area contributed by atoms with Crippen LogP contribution in [0.4, 0.5) is 0 Å². The molecule has 37 heavy (non-hydrogen) atoms. The van der Waals surface area contributed by atoms with Crippen molar-refractivity contribution in [1.82, 2.24) is 25.9 Å². The number of carboxylic acid groups (broad SMARTS) is 2. The Balaban J connectivity index is 3.05. The van der Waals surface area contributed by atoms with Gasteiger partial charge in [-0.1, -0.05) is 0 Å². The third-order valence-electron chi connectivity index (χ3n) is 4.99. The molecule has 17 heteroatoms. The molecule has 206 valence electrons. The monoisotopic (exact) mass is 527 g/mol. The zero-order chi connectivity index (χ0) is 28.0. The van der Waals surface area contributed by atoms with Crippen LogP contribution in [0.3, 0.4) is 0 Å². The molecule has 0 radical (unpaired) electrons. The lowest BCUT2D eigenvalue weighted by Gasteiger charge is -2.24. The van der Waals surface area contributed by atoms with Gasteiger partial charge in [-0.15, -0.1) is 0 Å². The molecule has 1 aromatic heterocycles. The van der Waals surface area contributed by atoms with Crippen LogP contribution in [0, 0.1) is 0 Å². The van der Waals surface area contributed by atoms with Crippen LogP contribution in [0.25, 0.3) is 0 Å². The summed E-state index contributed by atoms with van der Waals surface area (Å²) in [7, 11) is 0. The number of nitrogens with two attached hydrogens (primary N) is 3. The molecule has 1 rings (SSSR count). The largest absolute Gasteiger partial charge is 0.481 e. The van der Waals surface area contributed by atoms with Crippen LogP contribution in [0.1, 0.15) is 31.4 Å². The maximum absolute atomic E-state index is 13.1. The Kier molecular flexibility index (Phi) is 13.0. The normalized spacial score (nSPS) is 13.9. The van der Waals surface area contributed by atoms with Crippen molar-refractivity contribution in [3.05, 3.63) is 18.2 Å². The fraction of sp³-hybridized carbons (Fsp3) is 0.550. The molecule has 0 aliphatic carbocycles. The second kappa shape index (κ2) is 15.7.